The first-order chi connectivity index (χ1) is 14.2. The Hall–Kier alpha value is -2.50. The molecule has 6 heteroatoms. The highest BCUT2D eigenvalue weighted by Crippen LogP contribution is 2.36. The largest absolute Gasteiger partial charge is 0.496 e. The van der Waals surface area contributed by atoms with Gasteiger partial charge >= 0.3 is 0 Å². The molecule has 1 fully saturated rings. The zero-order valence-corrected chi connectivity index (χ0v) is 17.6. The van der Waals surface area contributed by atoms with Crippen molar-refractivity contribution in [3.8, 4) is 11.5 Å². The molecule has 1 N–H and O–H groups in total. The number of benzene rings is 2. The number of ether oxygens (including phenoxy) is 2. The smallest absolute Gasteiger partial charge is 0.145 e. The maximum atomic E-state index is 6.30. The highest BCUT2D eigenvalue weighted by molar-refractivity contribution is 6.31. The molecule has 3 aromatic rings. The number of rotatable bonds is 7. The van der Waals surface area contributed by atoms with Crippen LogP contribution in [-0.2, 0) is 13.1 Å². The van der Waals surface area contributed by atoms with E-state index in [1.54, 1.807) is 14.2 Å². The molecule has 5 nitrogen and oxygen atoms in total. The molecular formula is C23H26ClN3O2. The second-order valence-electron chi connectivity index (χ2n) is 7.23. The van der Waals surface area contributed by atoms with E-state index in [1.165, 1.54) is 12.8 Å². The number of nitrogens with zero attached hydrogens (tertiary/aromatic N) is 2. The topological polar surface area (TPSA) is 46.6 Å². The van der Waals surface area contributed by atoms with Gasteiger partial charge in [0.05, 0.1) is 14.2 Å². The van der Waals surface area contributed by atoms with Crippen molar-refractivity contribution >= 4 is 28.3 Å². The van der Waals surface area contributed by atoms with Gasteiger partial charge in [-0.2, -0.15) is 0 Å². The van der Waals surface area contributed by atoms with Crippen molar-refractivity contribution in [3.63, 3.8) is 0 Å². The van der Waals surface area contributed by atoms with Crippen LogP contribution in [0.4, 0.5) is 5.82 Å². The van der Waals surface area contributed by atoms with Crippen LogP contribution in [0, 0.1) is 0 Å². The number of aromatic nitrogens is 1. The van der Waals surface area contributed by atoms with Gasteiger partial charge in [-0.15, -0.1) is 0 Å². The van der Waals surface area contributed by atoms with Gasteiger partial charge in [-0.1, -0.05) is 29.8 Å². The molecule has 0 bridgehead atoms. The fraction of sp³-hybridized carbons (Fsp3) is 0.348. The van der Waals surface area contributed by atoms with E-state index < -0.39 is 0 Å². The normalized spacial score (nSPS) is 13.8. The summed E-state index contributed by atoms with van der Waals surface area (Å²) in [4.78, 5) is 7.40. The summed E-state index contributed by atoms with van der Waals surface area (Å²) < 4.78 is 11.2. The summed E-state index contributed by atoms with van der Waals surface area (Å²) in [6, 6.07) is 13.9. The molecule has 0 unspecified atom stereocenters. The van der Waals surface area contributed by atoms with Gasteiger partial charge in [0.25, 0.3) is 0 Å². The van der Waals surface area contributed by atoms with Gasteiger partial charge in [-0.25, -0.2) is 4.98 Å². The Morgan fingerprint density at radius 2 is 1.66 bits per heavy atom. The highest BCUT2D eigenvalue weighted by atomic mass is 35.5. The van der Waals surface area contributed by atoms with Crippen molar-refractivity contribution in [2.45, 2.75) is 25.9 Å². The number of anilines is 1. The lowest BCUT2D eigenvalue weighted by atomic mass is 10.1. The maximum absolute atomic E-state index is 6.30. The molecule has 4 rings (SSSR count). The second kappa shape index (κ2) is 8.89. The van der Waals surface area contributed by atoms with E-state index in [-0.39, 0.29) is 0 Å². The van der Waals surface area contributed by atoms with Gasteiger partial charge in [-0.3, -0.25) is 0 Å². The first-order valence-corrected chi connectivity index (χ1v) is 10.3. The Kier molecular flexibility index (Phi) is 6.07. The second-order valence-corrected chi connectivity index (χ2v) is 7.63. The fourth-order valence-electron chi connectivity index (χ4n) is 3.89. The minimum Gasteiger partial charge on any atom is -0.496 e. The monoisotopic (exact) mass is 411 g/mol. The zero-order chi connectivity index (χ0) is 20.2. The van der Waals surface area contributed by atoms with Crippen LogP contribution in [0.5, 0.6) is 11.5 Å². The van der Waals surface area contributed by atoms with E-state index in [4.69, 9.17) is 26.1 Å². The number of fused-ring (bicyclic) bond motifs is 1. The van der Waals surface area contributed by atoms with Crippen molar-refractivity contribution in [1.82, 2.24) is 10.3 Å². The van der Waals surface area contributed by atoms with Gasteiger partial charge in [0, 0.05) is 42.2 Å². The third-order valence-corrected chi connectivity index (χ3v) is 5.77. The summed E-state index contributed by atoms with van der Waals surface area (Å²) in [7, 11) is 3.36. The van der Waals surface area contributed by atoms with Gasteiger partial charge in [-0.05, 0) is 42.7 Å². The minimum absolute atomic E-state index is 0.695. The van der Waals surface area contributed by atoms with Crippen molar-refractivity contribution in [3.05, 3.63) is 58.6 Å². The lowest BCUT2D eigenvalue weighted by Crippen LogP contribution is -2.23. The average molecular weight is 412 g/mol. The van der Waals surface area contributed by atoms with Crippen molar-refractivity contribution in [2.75, 3.05) is 32.2 Å². The molecule has 1 aromatic heterocycles. The predicted molar refractivity (Wildman–Crippen MR) is 118 cm³/mol. The van der Waals surface area contributed by atoms with E-state index in [1.807, 2.05) is 36.4 Å². The molecule has 152 valence electrons. The molecule has 0 aliphatic carbocycles. The SMILES string of the molecule is COc1ccc(OC)c2nc(N3CCCC3)c(CNCc3ccccc3Cl)cc12. The maximum Gasteiger partial charge on any atom is 0.145 e. The molecule has 2 aromatic carbocycles. The molecule has 0 atom stereocenters. The highest BCUT2D eigenvalue weighted by Gasteiger charge is 2.20. The third-order valence-electron chi connectivity index (χ3n) is 5.40. The molecule has 0 radical (unpaired) electrons. The Bertz CT molecular complexity index is 1000. The van der Waals surface area contributed by atoms with E-state index >= 15 is 0 Å². The van der Waals surface area contributed by atoms with E-state index in [9.17, 15) is 0 Å². The first-order valence-electron chi connectivity index (χ1n) is 9.95. The van der Waals surface area contributed by atoms with Crippen LogP contribution >= 0.6 is 11.6 Å². The molecule has 1 aliphatic heterocycles. The minimum atomic E-state index is 0.695. The summed E-state index contributed by atoms with van der Waals surface area (Å²) in [5.41, 5.74) is 3.08. The van der Waals surface area contributed by atoms with Gasteiger partial charge in [0.1, 0.15) is 22.8 Å². The predicted octanol–water partition coefficient (Wildman–Crippen LogP) is 4.80. The lowest BCUT2D eigenvalue weighted by molar-refractivity contribution is 0.409. The van der Waals surface area contributed by atoms with E-state index in [0.29, 0.717) is 13.1 Å². The van der Waals surface area contributed by atoms with E-state index in [2.05, 4.69) is 16.3 Å². The molecule has 1 aliphatic rings. The Labute approximate surface area is 176 Å². The standard InChI is InChI=1S/C23H26ClN3O2/c1-28-20-9-10-21(29-2)22-18(20)13-17(23(26-22)27-11-5-6-12-27)15-25-14-16-7-3-4-8-19(16)24/h3-4,7-10,13,25H,5-6,11-12,14-15H2,1-2H3. The number of halogens is 1. The average Bonchev–Trinajstić information content (AvgIpc) is 3.28. The number of methoxy groups -OCH3 is 2. The zero-order valence-electron chi connectivity index (χ0n) is 16.9. The van der Waals surface area contributed by atoms with Crippen LogP contribution < -0.4 is 19.7 Å². The lowest BCUT2D eigenvalue weighted by Gasteiger charge is -2.22. The Balaban J connectivity index is 1.70. The molecule has 0 amide bonds. The molecule has 1 saturated heterocycles. The Morgan fingerprint density at radius 1 is 0.966 bits per heavy atom. The summed E-state index contributed by atoms with van der Waals surface area (Å²) in [5.74, 6) is 2.58. The van der Waals surface area contributed by atoms with Crippen LogP contribution in [0.25, 0.3) is 10.9 Å². The molecule has 0 saturated carbocycles. The van der Waals surface area contributed by atoms with Crippen molar-refractivity contribution in [1.29, 1.82) is 0 Å². The first kappa shape index (κ1) is 19.8. The molecule has 29 heavy (non-hydrogen) atoms. The van der Waals surface area contributed by atoms with Gasteiger partial charge < -0.3 is 19.7 Å². The van der Waals surface area contributed by atoms with Crippen LogP contribution in [0.3, 0.4) is 0 Å². The summed E-state index contributed by atoms with van der Waals surface area (Å²) >= 11 is 6.30. The van der Waals surface area contributed by atoms with Crippen LogP contribution in [-0.4, -0.2) is 32.3 Å². The molecular weight excluding hydrogens is 386 g/mol. The summed E-state index contributed by atoms with van der Waals surface area (Å²) in [6.45, 7) is 3.46. The van der Waals surface area contributed by atoms with Crippen molar-refractivity contribution in [2.24, 2.45) is 0 Å². The van der Waals surface area contributed by atoms with Crippen LogP contribution in [0.15, 0.2) is 42.5 Å². The van der Waals surface area contributed by atoms with Crippen LogP contribution in [0.1, 0.15) is 24.0 Å². The summed E-state index contributed by atoms with van der Waals surface area (Å²) in [6.07, 6.45) is 2.39. The van der Waals surface area contributed by atoms with Gasteiger partial charge in [0.2, 0.25) is 0 Å². The third kappa shape index (κ3) is 4.11. The van der Waals surface area contributed by atoms with Crippen molar-refractivity contribution < 1.29 is 9.47 Å². The molecule has 0 spiro atoms. The number of hydrogen-bond acceptors (Lipinski definition) is 5. The number of hydrogen-bond donors (Lipinski definition) is 1. The Morgan fingerprint density at radius 3 is 2.38 bits per heavy atom. The number of pyridine rings is 1. The van der Waals surface area contributed by atoms with Crippen LogP contribution in [0.2, 0.25) is 5.02 Å². The summed E-state index contributed by atoms with van der Waals surface area (Å²) in [5, 5.41) is 5.27. The fourth-order valence-corrected chi connectivity index (χ4v) is 4.09. The van der Waals surface area contributed by atoms with Gasteiger partial charge in [0.15, 0.2) is 0 Å². The van der Waals surface area contributed by atoms with E-state index in [0.717, 1.165) is 57.5 Å². The number of nitrogens with one attached hydrogen (secondary N) is 1. The molecule has 2 heterocycles. The quantitative estimate of drug-likeness (QED) is 0.605.